The molecule has 1 aliphatic rings. The zero-order valence-corrected chi connectivity index (χ0v) is 11.1. The standard InChI is InChI=1S/C14H20N2O2/c1-3-16(13-6-4-5-12(2)11-13)14(17)15-7-9-18-10-8-15/h4-6,11H,3,7-10H2,1-2H3. The molecule has 1 saturated heterocycles. The van der Waals surface area contributed by atoms with Crippen LogP contribution in [0.25, 0.3) is 0 Å². The van der Waals surface area contributed by atoms with Crippen molar-refractivity contribution in [3.05, 3.63) is 29.8 Å². The van der Waals surface area contributed by atoms with E-state index < -0.39 is 0 Å². The second-order valence-corrected chi connectivity index (χ2v) is 4.47. The van der Waals surface area contributed by atoms with Gasteiger partial charge in [0.15, 0.2) is 0 Å². The van der Waals surface area contributed by atoms with E-state index in [2.05, 4.69) is 0 Å². The maximum atomic E-state index is 12.4. The Bertz CT molecular complexity index is 414. The molecule has 4 heteroatoms. The Morgan fingerprint density at radius 3 is 2.72 bits per heavy atom. The number of carbonyl (C=O) groups is 1. The summed E-state index contributed by atoms with van der Waals surface area (Å²) in [7, 11) is 0. The average molecular weight is 248 g/mol. The molecule has 0 unspecified atom stereocenters. The molecule has 0 N–H and O–H groups in total. The number of benzene rings is 1. The quantitative estimate of drug-likeness (QED) is 0.804. The molecule has 1 aromatic carbocycles. The summed E-state index contributed by atoms with van der Waals surface area (Å²) < 4.78 is 5.28. The maximum absolute atomic E-state index is 12.4. The van der Waals surface area contributed by atoms with Gasteiger partial charge in [-0.3, -0.25) is 4.90 Å². The van der Waals surface area contributed by atoms with Gasteiger partial charge in [-0.15, -0.1) is 0 Å². The number of morpholine rings is 1. The van der Waals surface area contributed by atoms with Crippen LogP contribution in [0.3, 0.4) is 0 Å². The fraction of sp³-hybridized carbons (Fsp3) is 0.500. The average Bonchev–Trinajstić information content (AvgIpc) is 2.40. The van der Waals surface area contributed by atoms with E-state index in [4.69, 9.17) is 4.74 Å². The third kappa shape index (κ3) is 2.82. The lowest BCUT2D eigenvalue weighted by Crippen LogP contribution is -2.48. The van der Waals surface area contributed by atoms with Crippen molar-refractivity contribution in [2.45, 2.75) is 13.8 Å². The van der Waals surface area contributed by atoms with E-state index in [0.717, 1.165) is 5.69 Å². The highest BCUT2D eigenvalue weighted by molar-refractivity contribution is 5.92. The lowest BCUT2D eigenvalue weighted by atomic mass is 10.2. The number of aryl methyl sites for hydroxylation is 1. The van der Waals surface area contributed by atoms with Crippen LogP contribution in [-0.2, 0) is 4.74 Å². The molecule has 0 saturated carbocycles. The molecular formula is C14H20N2O2. The number of hydrogen-bond donors (Lipinski definition) is 0. The maximum Gasteiger partial charge on any atom is 0.324 e. The van der Waals surface area contributed by atoms with Crippen molar-refractivity contribution >= 4 is 11.7 Å². The normalized spacial score (nSPS) is 15.6. The molecule has 0 bridgehead atoms. The van der Waals surface area contributed by atoms with Crippen LogP contribution in [-0.4, -0.2) is 43.8 Å². The molecule has 98 valence electrons. The number of urea groups is 1. The van der Waals surface area contributed by atoms with E-state index in [-0.39, 0.29) is 6.03 Å². The van der Waals surface area contributed by atoms with Crippen LogP contribution < -0.4 is 4.90 Å². The summed E-state index contributed by atoms with van der Waals surface area (Å²) in [6, 6.07) is 8.12. The fourth-order valence-corrected chi connectivity index (χ4v) is 2.15. The van der Waals surface area contributed by atoms with Crippen molar-refractivity contribution < 1.29 is 9.53 Å². The molecule has 2 rings (SSSR count). The van der Waals surface area contributed by atoms with Crippen molar-refractivity contribution in [2.75, 3.05) is 37.7 Å². The highest BCUT2D eigenvalue weighted by atomic mass is 16.5. The van der Waals surface area contributed by atoms with Crippen LogP contribution in [0.5, 0.6) is 0 Å². The second-order valence-electron chi connectivity index (χ2n) is 4.47. The number of rotatable bonds is 2. The van der Waals surface area contributed by atoms with Crippen LogP contribution in [0.1, 0.15) is 12.5 Å². The van der Waals surface area contributed by atoms with Gasteiger partial charge in [0.05, 0.1) is 13.2 Å². The van der Waals surface area contributed by atoms with E-state index >= 15 is 0 Å². The molecule has 2 amide bonds. The molecular weight excluding hydrogens is 228 g/mol. The molecule has 1 heterocycles. The van der Waals surface area contributed by atoms with Crippen molar-refractivity contribution in [1.29, 1.82) is 0 Å². The van der Waals surface area contributed by atoms with Crippen LogP contribution in [0.4, 0.5) is 10.5 Å². The summed E-state index contributed by atoms with van der Waals surface area (Å²) in [5.41, 5.74) is 2.13. The third-order valence-electron chi connectivity index (χ3n) is 3.14. The predicted octanol–water partition coefficient (Wildman–Crippen LogP) is 2.27. The minimum atomic E-state index is 0.0754. The van der Waals surface area contributed by atoms with Crippen LogP contribution in [0.2, 0.25) is 0 Å². The van der Waals surface area contributed by atoms with Crippen molar-refractivity contribution in [1.82, 2.24) is 4.90 Å². The lowest BCUT2D eigenvalue weighted by molar-refractivity contribution is 0.0549. The molecule has 0 atom stereocenters. The Hall–Kier alpha value is -1.55. The van der Waals surface area contributed by atoms with Gasteiger partial charge in [0.25, 0.3) is 0 Å². The number of nitrogens with zero attached hydrogens (tertiary/aromatic N) is 2. The first-order chi connectivity index (χ1) is 8.72. The van der Waals surface area contributed by atoms with E-state index in [1.54, 1.807) is 0 Å². The zero-order valence-electron chi connectivity index (χ0n) is 11.1. The minimum absolute atomic E-state index is 0.0754. The summed E-state index contributed by atoms with van der Waals surface area (Å²) >= 11 is 0. The first-order valence-corrected chi connectivity index (χ1v) is 6.43. The molecule has 0 radical (unpaired) electrons. The zero-order chi connectivity index (χ0) is 13.0. The Labute approximate surface area is 108 Å². The number of amides is 2. The Balaban J connectivity index is 2.14. The smallest absolute Gasteiger partial charge is 0.324 e. The van der Waals surface area contributed by atoms with Gasteiger partial charge < -0.3 is 9.64 Å². The van der Waals surface area contributed by atoms with Crippen molar-refractivity contribution in [3.63, 3.8) is 0 Å². The van der Waals surface area contributed by atoms with Crippen molar-refractivity contribution in [2.24, 2.45) is 0 Å². The highest BCUT2D eigenvalue weighted by Gasteiger charge is 2.22. The van der Waals surface area contributed by atoms with Gasteiger partial charge in [0, 0.05) is 25.3 Å². The number of ether oxygens (including phenoxy) is 1. The highest BCUT2D eigenvalue weighted by Crippen LogP contribution is 2.17. The van der Waals surface area contributed by atoms with E-state index in [9.17, 15) is 4.79 Å². The lowest BCUT2D eigenvalue weighted by Gasteiger charge is -2.32. The van der Waals surface area contributed by atoms with Crippen molar-refractivity contribution in [3.8, 4) is 0 Å². The molecule has 1 aromatic rings. The number of anilines is 1. The largest absolute Gasteiger partial charge is 0.378 e. The molecule has 4 nitrogen and oxygen atoms in total. The summed E-state index contributed by atoms with van der Waals surface area (Å²) in [5.74, 6) is 0. The summed E-state index contributed by atoms with van der Waals surface area (Å²) in [4.78, 5) is 16.1. The van der Waals surface area contributed by atoms with Gasteiger partial charge in [-0.2, -0.15) is 0 Å². The topological polar surface area (TPSA) is 32.8 Å². The Kier molecular flexibility index (Phi) is 4.20. The first-order valence-electron chi connectivity index (χ1n) is 6.43. The van der Waals surface area contributed by atoms with Crippen LogP contribution in [0, 0.1) is 6.92 Å². The second kappa shape index (κ2) is 5.87. The summed E-state index contributed by atoms with van der Waals surface area (Å²) in [6.45, 7) is 7.35. The van der Waals surface area contributed by atoms with Crippen LogP contribution >= 0.6 is 0 Å². The minimum Gasteiger partial charge on any atom is -0.378 e. The van der Waals surface area contributed by atoms with Gasteiger partial charge in [-0.1, -0.05) is 12.1 Å². The molecule has 18 heavy (non-hydrogen) atoms. The van der Waals surface area contributed by atoms with Crippen LogP contribution in [0.15, 0.2) is 24.3 Å². The summed E-state index contributed by atoms with van der Waals surface area (Å²) in [5, 5.41) is 0. The monoisotopic (exact) mass is 248 g/mol. The van der Waals surface area contributed by atoms with E-state index in [1.165, 1.54) is 5.56 Å². The van der Waals surface area contributed by atoms with E-state index in [0.29, 0.717) is 32.8 Å². The fourth-order valence-electron chi connectivity index (χ4n) is 2.15. The molecule has 0 aliphatic carbocycles. The van der Waals surface area contributed by atoms with Gasteiger partial charge in [0.1, 0.15) is 0 Å². The molecule has 1 fully saturated rings. The SMILES string of the molecule is CCN(C(=O)N1CCOCC1)c1cccc(C)c1. The molecule has 1 aliphatic heterocycles. The van der Waals surface area contributed by atoms with Gasteiger partial charge in [0.2, 0.25) is 0 Å². The van der Waals surface area contributed by atoms with E-state index in [1.807, 2.05) is 47.9 Å². The molecule has 0 aromatic heterocycles. The van der Waals surface area contributed by atoms with Gasteiger partial charge in [-0.05, 0) is 31.5 Å². The van der Waals surface area contributed by atoms with Gasteiger partial charge >= 0.3 is 6.03 Å². The summed E-state index contributed by atoms with van der Waals surface area (Å²) in [6.07, 6.45) is 0. The Morgan fingerprint density at radius 1 is 1.39 bits per heavy atom. The Morgan fingerprint density at radius 2 is 2.11 bits per heavy atom. The molecule has 0 spiro atoms. The number of hydrogen-bond acceptors (Lipinski definition) is 2. The first kappa shape index (κ1) is 12.9. The number of carbonyl (C=O) groups excluding carboxylic acids is 1. The third-order valence-corrected chi connectivity index (χ3v) is 3.14. The van der Waals surface area contributed by atoms with Gasteiger partial charge in [-0.25, -0.2) is 4.79 Å². The predicted molar refractivity (Wildman–Crippen MR) is 72.0 cm³/mol.